The molecule has 1 atom stereocenters. The van der Waals surface area contributed by atoms with Crippen molar-refractivity contribution in [3.05, 3.63) is 83.9 Å². The number of aromatic nitrogens is 2. The van der Waals surface area contributed by atoms with E-state index < -0.39 is 23.7 Å². The van der Waals surface area contributed by atoms with Gasteiger partial charge in [-0.05, 0) is 29.8 Å². The Hall–Kier alpha value is -3.48. The van der Waals surface area contributed by atoms with E-state index in [1.165, 1.54) is 30.5 Å². The van der Waals surface area contributed by atoms with Crippen molar-refractivity contribution in [1.82, 2.24) is 15.1 Å². The molecule has 0 aliphatic carbocycles. The molecule has 7 heteroatoms. The van der Waals surface area contributed by atoms with E-state index in [2.05, 4.69) is 10.4 Å². The molecule has 0 saturated carbocycles. The van der Waals surface area contributed by atoms with Gasteiger partial charge in [0.25, 0.3) is 5.91 Å². The zero-order valence-corrected chi connectivity index (χ0v) is 13.7. The van der Waals surface area contributed by atoms with Crippen LogP contribution in [-0.4, -0.2) is 26.8 Å². The van der Waals surface area contributed by atoms with Gasteiger partial charge < -0.3 is 10.4 Å². The van der Waals surface area contributed by atoms with E-state index in [1.807, 2.05) is 30.3 Å². The third kappa shape index (κ3) is 4.13. The fraction of sp³-hybridized carbons (Fsp3) is 0.105. The lowest BCUT2D eigenvalue weighted by molar-refractivity contribution is -0.137. The fourth-order valence-corrected chi connectivity index (χ4v) is 2.53. The largest absolute Gasteiger partial charge is 0.481 e. The maximum absolute atomic E-state index is 13.1. The third-order valence-corrected chi connectivity index (χ3v) is 3.82. The second kappa shape index (κ2) is 7.60. The van der Waals surface area contributed by atoms with Gasteiger partial charge in [-0.1, -0.05) is 30.3 Å². The van der Waals surface area contributed by atoms with Crippen molar-refractivity contribution in [2.75, 3.05) is 0 Å². The molecule has 0 aliphatic heterocycles. The number of carbonyl (C=O) groups is 2. The van der Waals surface area contributed by atoms with E-state index in [1.54, 1.807) is 10.9 Å². The Bertz CT molecular complexity index is 907. The van der Waals surface area contributed by atoms with Gasteiger partial charge in [0, 0.05) is 6.20 Å². The van der Waals surface area contributed by atoms with Crippen LogP contribution in [0.3, 0.4) is 0 Å². The molecule has 0 bridgehead atoms. The smallest absolute Gasteiger partial charge is 0.305 e. The first kappa shape index (κ1) is 17.3. The van der Waals surface area contributed by atoms with Gasteiger partial charge in [0.05, 0.1) is 29.9 Å². The zero-order chi connectivity index (χ0) is 18.5. The van der Waals surface area contributed by atoms with Crippen LogP contribution in [0.15, 0.2) is 67.0 Å². The summed E-state index contributed by atoms with van der Waals surface area (Å²) < 4.78 is 14.6. The molecule has 2 N–H and O–H groups in total. The molecular weight excluding hydrogens is 337 g/mol. The third-order valence-electron chi connectivity index (χ3n) is 3.82. The number of nitrogens with one attached hydrogen (secondary N) is 1. The van der Waals surface area contributed by atoms with Crippen LogP contribution in [0.2, 0.25) is 0 Å². The van der Waals surface area contributed by atoms with Crippen molar-refractivity contribution in [2.45, 2.75) is 12.5 Å². The molecule has 132 valence electrons. The SMILES string of the molecule is O=C(O)C[C@H](NC(=O)c1cnn(-c2ccccc2)c1)c1ccc(F)cc1. The van der Waals surface area contributed by atoms with Crippen LogP contribution in [0.5, 0.6) is 0 Å². The molecule has 0 fully saturated rings. The van der Waals surface area contributed by atoms with Gasteiger partial charge >= 0.3 is 5.97 Å². The first-order chi connectivity index (χ1) is 12.5. The summed E-state index contributed by atoms with van der Waals surface area (Å²) in [4.78, 5) is 23.6. The van der Waals surface area contributed by atoms with Crippen molar-refractivity contribution < 1.29 is 19.1 Å². The molecular formula is C19H16FN3O3. The monoisotopic (exact) mass is 353 g/mol. The van der Waals surface area contributed by atoms with Crippen LogP contribution in [0.25, 0.3) is 5.69 Å². The highest BCUT2D eigenvalue weighted by Gasteiger charge is 2.20. The Morgan fingerprint density at radius 3 is 2.46 bits per heavy atom. The average molecular weight is 353 g/mol. The molecule has 0 aliphatic rings. The zero-order valence-electron chi connectivity index (χ0n) is 13.7. The molecule has 1 amide bonds. The number of carbonyl (C=O) groups excluding carboxylic acids is 1. The molecule has 0 spiro atoms. The van der Waals surface area contributed by atoms with Gasteiger partial charge in [0.15, 0.2) is 0 Å². The van der Waals surface area contributed by atoms with Gasteiger partial charge in [-0.25, -0.2) is 9.07 Å². The van der Waals surface area contributed by atoms with Crippen LogP contribution in [0.4, 0.5) is 4.39 Å². The number of amides is 1. The molecule has 26 heavy (non-hydrogen) atoms. The maximum atomic E-state index is 13.1. The first-order valence-corrected chi connectivity index (χ1v) is 7.91. The molecule has 6 nitrogen and oxygen atoms in total. The minimum absolute atomic E-state index is 0.298. The van der Waals surface area contributed by atoms with E-state index in [0.29, 0.717) is 11.1 Å². The number of para-hydroxylation sites is 1. The second-order valence-electron chi connectivity index (χ2n) is 5.68. The van der Waals surface area contributed by atoms with Crippen LogP contribution < -0.4 is 5.32 Å². The summed E-state index contributed by atoms with van der Waals surface area (Å²) >= 11 is 0. The Morgan fingerprint density at radius 2 is 1.81 bits per heavy atom. The number of nitrogens with zero attached hydrogens (tertiary/aromatic N) is 2. The van der Waals surface area contributed by atoms with Gasteiger partial charge in [0.1, 0.15) is 5.82 Å². The topological polar surface area (TPSA) is 84.2 Å². The number of carboxylic acids is 1. The lowest BCUT2D eigenvalue weighted by atomic mass is 10.0. The average Bonchev–Trinajstić information content (AvgIpc) is 3.12. The highest BCUT2D eigenvalue weighted by molar-refractivity contribution is 5.94. The number of rotatable bonds is 6. The van der Waals surface area contributed by atoms with E-state index in [0.717, 1.165) is 5.69 Å². The van der Waals surface area contributed by atoms with Crippen molar-refractivity contribution in [2.24, 2.45) is 0 Å². The van der Waals surface area contributed by atoms with Gasteiger partial charge in [0.2, 0.25) is 0 Å². The number of hydrogen-bond acceptors (Lipinski definition) is 3. The Morgan fingerprint density at radius 1 is 1.12 bits per heavy atom. The number of benzene rings is 2. The maximum Gasteiger partial charge on any atom is 0.305 e. The van der Waals surface area contributed by atoms with Gasteiger partial charge in [-0.3, -0.25) is 9.59 Å². The Balaban J connectivity index is 1.78. The predicted octanol–water partition coefficient (Wildman–Crippen LogP) is 2.96. The van der Waals surface area contributed by atoms with E-state index >= 15 is 0 Å². The van der Waals surface area contributed by atoms with Gasteiger partial charge in [-0.15, -0.1) is 0 Å². The standard InChI is InChI=1S/C19H16FN3O3/c20-15-8-6-13(7-9-15)17(10-18(24)25)22-19(26)14-11-21-23(12-14)16-4-2-1-3-5-16/h1-9,11-12,17H,10H2,(H,22,26)(H,24,25)/t17-/m0/s1. The molecule has 3 rings (SSSR count). The van der Waals surface area contributed by atoms with Gasteiger partial charge in [-0.2, -0.15) is 5.10 Å². The Kier molecular flexibility index (Phi) is 5.07. The minimum atomic E-state index is -1.07. The fourth-order valence-electron chi connectivity index (χ4n) is 2.53. The van der Waals surface area contributed by atoms with E-state index in [4.69, 9.17) is 5.11 Å². The second-order valence-corrected chi connectivity index (χ2v) is 5.68. The quantitative estimate of drug-likeness (QED) is 0.714. The minimum Gasteiger partial charge on any atom is -0.481 e. The molecule has 2 aromatic carbocycles. The van der Waals surface area contributed by atoms with Crippen LogP contribution in [-0.2, 0) is 4.79 Å². The Labute approximate surface area is 148 Å². The van der Waals surface area contributed by atoms with Crippen LogP contribution in [0.1, 0.15) is 28.4 Å². The number of hydrogen-bond donors (Lipinski definition) is 2. The summed E-state index contributed by atoms with van der Waals surface area (Å²) in [5.41, 5.74) is 1.61. The van der Waals surface area contributed by atoms with Crippen molar-refractivity contribution >= 4 is 11.9 Å². The lowest BCUT2D eigenvalue weighted by Gasteiger charge is -2.17. The summed E-state index contributed by atoms with van der Waals surface area (Å²) in [6.45, 7) is 0. The highest BCUT2D eigenvalue weighted by Crippen LogP contribution is 2.18. The number of aliphatic carboxylic acids is 1. The molecule has 1 heterocycles. The summed E-state index contributed by atoms with van der Waals surface area (Å²) in [6, 6.07) is 13.9. The molecule has 0 radical (unpaired) electrons. The lowest BCUT2D eigenvalue weighted by Crippen LogP contribution is -2.30. The van der Waals surface area contributed by atoms with Crippen LogP contribution in [0, 0.1) is 5.82 Å². The molecule has 1 aromatic heterocycles. The molecule has 3 aromatic rings. The number of carboxylic acid groups (broad SMARTS) is 1. The summed E-state index contributed by atoms with van der Waals surface area (Å²) in [6.07, 6.45) is 2.65. The van der Waals surface area contributed by atoms with Crippen molar-refractivity contribution in [3.8, 4) is 5.69 Å². The van der Waals surface area contributed by atoms with Crippen LogP contribution >= 0.6 is 0 Å². The van der Waals surface area contributed by atoms with Crippen molar-refractivity contribution in [1.29, 1.82) is 0 Å². The summed E-state index contributed by atoms with van der Waals surface area (Å²) in [5.74, 6) is -1.96. The van der Waals surface area contributed by atoms with E-state index in [-0.39, 0.29) is 6.42 Å². The summed E-state index contributed by atoms with van der Waals surface area (Å²) in [5, 5.41) is 15.9. The van der Waals surface area contributed by atoms with E-state index in [9.17, 15) is 14.0 Å². The first-order valence-electron chi connectivity index (χ1n) is 7.91. The molecule has 0 unspecified atom stereocenters. The number of halogens is 1. The highest BCUT2D eigenvalue weighted by atomic mass is 19.1. The van der Waals surface area contributed by atoms with Crippen molar-refractivity contribution in [3.63, 3.8) is 0 Å². The molecule has 0 saturated heterocycles. The summed E-state index contributed by atoms with van der Waals surface area (Å²) in [7, 11) is 0. The predicted molar refractivity (Wildman–Crippen MR) is 92.4 cm³/mol. The normalized spacial score (nSPS) is 11.7.